The fraction of sp³-hybridized carbons (Fsp3) is 0.273. The van der Waals surface area contributed by atoms with Crippen molar-refractivity contribution in [2.45, 2.75) is 13.3 Å². The van der Waals surface area contributed by atoms with E-state index >= 15 is 0 Å². The number of non-ortho nitro benzene ring substituents is 1. The van der Waals surface area contributed by atoms with Crippen molar-refractivity contribution in [3.63, 3.8) is 0 Å². The minimum Gasteiger partial charge on any atom is -0.398 e. The molecule has 1 aromatic carbocycles. The highest BCUT2D eigenvalue weighted by molar-refractivity contribution is 5.70. The summed E-state index contributed by atoms with van der Waals surface area (Å²) < 4.78 is 0. The molecule has 0 spiro atoms. The lowest BCUT2D eigenvalue weighted by Gasteiger charge is -2.04. The van der Waals surface area contributed by atoms with Crippen LogP contribution < -0.4 is 5.73 Å². The zero-order chi connectivity index (χ0) is 13.5. The lowest BCUT2D eigenvalue weighted by molar-refractivity contribution is -0.384. The van der Waals surface area contributed by atoms with Crippen LogP contribution in [-0.2, 0) is 0 Å². The van der Waals surface area contributed by atoms with Crippen molar-refractivity contribution in [3.05, 3.63) is 49.9 Å². The van der Waals surface area contributed by atoms with Crippen LogP contribution in [0.25, 0.3) is 16.5 Å². The molecule has 0 amide bonds. The van der Waals surface area contributed by atoms with Gasteiger partial charge in [-0.3, -0.25) is 10.1 Å². The number of aryl methyl sites for hydroxylation is 1. The van der Waals surface area contributed by atoms with Crippen LogP contribution in [0.1, 0.15) is 17.5 Å². The van der Waals surface area contributed by atoms with Gasteiger partial charge in [-0.1, -0.05) is 17.3 Å². The number of nitrogen functional groups attached to an aromatic ring is 1. The van der Waals surface area contributed by atoms with Crippen LogP contribution in [0.4, 0.5) is 11.4 Å². The van der Waals surface area contributed by atoms with Gasteiger partial charge in [-0.05, 0) is 24.4 Å². The van der Waals surface area contributed by atoms with E-state index in [2.05, 4.69) is 10.0 Å². The molecular weight excluding hydrogens is 234 g/mol. The van der Waals surface area contributed by atoms with Gasteiger partial charge in [0.15, 0.2) is 0 Å². The molecule has 7 nitrogen and oxygen atoms in total. The molecule has 0 fully saturated rings. The van der Waals surface area contributed by atoms with Crippen LogP contribution in [0, 0.1) is 17.0 Å². The van der Waals surface area contributed by atoms with E-state index in [0.717, 1.165) is 0 Å². The van der Waals surface area contributed by atoms with Gasteiger partial charge >= 0.3 is 0 Å². The third-order valence-electron chi connectivity index (χ3n) is 2.37. The van der Waals surface area contributed by atoms with Crippen LogP contribution in [0.2, 0.25) is 0 Å². The molecule has 94 valence electrons. The molecule has 0 aliphatic rings. The number of hydrogen-bond acceptors (Lipinski definition) is 4. The van der Waals surface area contributed by atoms with Crippen molar-refractivity contribution < 1.29 is 4.92 Å². The summed E-state index contributed by atoms with van der Waals surface area (Å²) in [5.41, 5.74) is 15.7. The van der Waals surface area contributed by atoms with Crippen LogP contribution in [0.3, 0.4) is 0 Å². The largest absolute Gasteiger partial charge is 0.398 e. The Morgan fingerprint density at radius 3 is 2.94 bits per heavy atom. The Bertz CT molecular complexity index is 532. The number of benzene rings is 1. The Kier molecular flexibility index (Phi) is 4.71. The molecule has 2 N–H and O–H groups in total. The van der Waals surface area contributed by atoms with E-state index in [-0.39, 0.29) is 5.69 Å². The fourth-order valence-electron chi connectivity index (χ4n) is 1.44. The first-order chi connectivity index (χ1) is 8.56. The third kappa shape index (κ3) is 3.50. The third-order valence-corrected chi connectivity index (χ3v) is 2.37. The van der Waals surface area contributed by atoms with Gasteiger partial charge in [-0.25, -0.2) is 0 Å². The Balaban J connectivity index is 2.93. The second kappa shape index (κ2) is 6.27. The molecule has 0 atom stereocenters. The molecule has 0 aliphatic heterocycles. The molecule has 0 saturated carbocycles. The Morgan fingerprint density at radius 1 is 1.61 bits per heavy atom. The lowest BCUT2D eigenvalue weighted by atomic mass is 10.1. The predicted octanol–water partition coefficient (Wildman–Crippen LogP) is 3.20. The highest BCUT2D eigenvalue weighted by Gasteiger charge is 2.10. The van der Waals surface area contributed by atoms with Crippen molar-refractivity contribution in [3.8, 4) is 0 Å². The summed E-state index contributed by atoms with van der Waals surface area (Å²) in [4.78, 5) is 12.9. The lowest BCUT2D eigenvalue weighted by Crippen LogP contribution is -1.97. The molecule has 1 rings (SSSR count). The molecule has 1 aromatic rings. The standard InChI is InChI=1S/C11H13N5O2/c1-8-6-10(16(17)18)7-9(11(8)12)4-2-3-5-14-15-13/h2,4,6-7H,3,5,12H2,1H3. The molecule has 0 aliphatic carbocycles. The first-order valence-electron chi connectivity index (χ1n) is 5.28. The zero-order valence-corrected chi connectivity index (χ0v) is 9.91. The van der Waals surface area contributed by atoms with E-state index in [1.807, 2.05) is 0 Å². The van der Waals surface area contributed by atoms with Crippen molar-refractivity contribution in [1.29, 1.82) is 0 Å². The highest BCUT2D eigenvalue weighted by atomic mass is 16.6. The molecule has 7 heteroatoms. The van der Waals surface area contributed by atoms with E-state index in [1.54, 1.807) is 19.1 Å². The number of anilines is 1. The minimum atomic E-state index is -0.455. The summed E-state index contributed by atoms with van der Waals surface area (Å²) in [5, 5.41) is 14.1. The van der Waals surface area contributed by atoms with Gasteiger partial charge < -0.3 is 5.73 Å². The predicted molar refractivity (Wildman–Crippen MR) is 69.9 cm³/mol. The molecule has 18 heavy (non-hydrogen) atoms. The van der Waals surface area contributed by atoms with Gasteiger partial charge in [-0.2, -0.15) is 0 Å². The van der Waals surface area contributed by atoms with Gasteiger partial charge in [-0.15, -0.1) is 0 Å². The number of nitro groups is 1. The van der Waals surface area contributed by atoms with E-state index in [9.17, 15) is 10.1 Å². The molecule has 0 unspecified atom stereocenters. The first kappa shape index (κ1) is 13.5. The zero-order valence-electron chi connectivity index (χ0n) is 9.91. The maximum absolute atomic E-state index is 10.7. The SMILES string of the molecule is Cc1cc([N+](=O)[O-])cc(C=CCCN=[N+]=[N-])c1N. The summed E-state index contributed by atoms with van der Waals surface area (Å²) in [6.45, 7) is 2.07. The maximum atomic E-state index is 10.7. The molecule has 0 saturated heterocycles. The second-order valence-corrected chi connectivity index (χ2v) is 3.67. The topological polar surface area (TPSA) is 118 Å². The Labute approximate surface area is 104 Å². The number of nitro benzene ring substituents is 1. The van der Waals surface area contributed by atoms with E-state index in [1.165, 1.54) is 12.1 Å². The Morgan fingerprint density at radius 2 is 2.33 bits per heavy atom. The number of rotatable bonds is 5. The van der Waals surface area contributed by atoms with Crippen LogP contribution >= 0.6 is 0 Å². The molecule has 0 aromatic heterocycles. The summed E-state index contributed by atoms with van der Waals surface area (Å²) in [7, 11) is 0. The smallest absolute Gasteiger partial charge is 0.270 e. The van der Waals surface area contributed by atoms with Crippen LogP contribution in [0.5, 0.6) is 0 Å². The minimum absolute atomic E-state index is 0.0106. The number of nitrogens with zero attached hydrogens (tertiary/aromatic N) is 4. The molecule has 0 heterocycles. The number of azide groups is 1. The van der Waals surface area contributed by atoms with Gasteiger partial charge in [0.25, 0.3) is 5.69 Å². The number of nitrogens with two attached hydrogens (primary N) is 1. The highest BCUT2D eigenvalue weighted by Crippen LogP contribution is 2.25. The molecule has 0 radical (unpaired) electrons. The summed E-state index contributed by atoms with van der Waals surface area (Å²) >= 11 is 0. The first-order valence-corrected chi connectivity index (χ1v) is 5.28. The van der Waals surface area contributed by atoms with Crippen molar-refractivity contribution in [2.75, 3.05) is 12.3 Å². The van der Waals surface area contributed by atoms with Crippen molar-refractivity contribution >= 4 is 17.5 Å². The number of hydrogen-bond donors (Lipinski definition) is 1. The van der Waals surface area contributed by atoms with E-state index in [4.69, 9.17) is 11.3 Å². The average molecular weight is 247 g/mol. The quantitative estimate of drug-likeness (QED) is 0.164. The Hall–Kier alpha value is -2.53. The summed E-state index contributed by atoms with van der Waals surface area (Å²) in [6.07, 6.45) is 4.02. The monoisotopic (exact) mass is 247 g/mol. The second-order valence-electron chi connectivity index (χ2n) is 3.67. The van der Waals surface area contributed by atoms with Crippen LogP contribution in [-0.4, -0.2) is 11.5 Å². The van der Waals surface area contributed by atoms with Crippen LogP contribution in [0.15, 0.2) is 23.3 Å². The van der Waals surface area contributed by atoms with Gasteiger partial charge in [0, 0.05) is 34.8 Å². The van der Waals surface area contributed by atoms with E-state index < -0.39 is 4.92 Å². The summed E-state index contributed by atoms with van der Waals surface area (Å²) in [6, 6.07) is 2.86. The van der Waals surface area contributed by atoms with Gasteiger partial charge in [0.2, 0.25) is 0 Å². The molecular formula is C11H13N5O2. The van der Waals surface area contributed by atoms with Crippen molar-refractivity contribution in [2.24, 2.45) is 5.11 Å². The van der Waals surface area contributed by atoms with Gasteiger partial charge in [0.1, 0.15) is 0 Å². The normalized spacial score (nSPS) is 10.3. The summed E-state index contributed by atoms with van der Waals surface area (Å²) in [5.74, 6) is 0. The molecule has 0 bridgehead atoms. The van der Waals surface area contributed by atoms with E-state index in [0.29, 0.717) is 29.8 Å². The fourth-order valence-corrected chi connectivity index (χ4v) is 1.44. The van der Waals surface area contributed by atoms with Crippen molar-refractivity contribution in [1.82, 2.24) is 0 Å². The van der Waals surface area contributed by atoms with Gasteiger partial charge in [0.05, 0.1) is 4.92 Å². The maximum Gasteiger partial charge on any atom is 0.270 e. The average Bonchev–Trinajstić information content (AvgIpc) is 2.33.